The summed E-state index contributed by atoms with van der Waals surface area (Å²) in [5, 5.41) is 11.6. The molecular weight excluding hydrogens is 268 g/mol. The first kappa shape index (κ1) is 14.4. The van der Waals surface area contributed by atoms with Crippen molar-refractivity contribution in [2.75, 3.05) is 12.4 Å². The van der Waals surface area contributed by atoms with Crippen LogP contribution >= 0.6 is 0 Å². The Kier molecular flexibility index (Phi) is 4.78. The molecule has 0 aliphatic rings. The molecule has 0 spiro atoms. The van der Waals surface area contributed by atoms with Crippen LogP contribution in [-0.4, -0.2) is 13.2 Å². The van der Waals surface area contributed by atoms with Crippen LogP contribution in [0.3, 0.4) is 0 Å². The molecule has 21 heavy (non-hydrogen) atoms. The van der Waals surface area contributed by atoms with Crippen LogP contribution in [0.25, 0.3) is 0 Å². The third-order valence-corrected chi connectivity index (χ3v) is 2.80. The Labute approximate surface area is 122 Å². The Bertz CT molecular complexity index is 663. The largest absolute Gasteiger partial charge is 0.497 e. The van der Waals surface area contributed by atoms with Crippen LogP contribution in [0.4, 0.5) is 10.5 Å². The summed E-state index contributed by atoms with van der Waals surface area (Å²) in [4.78, 5) is 11.8. The van der Waals surface area contributed by atoms with Crippen LogP contribution in [0, 0.1) is 11.3 Å². The molecule has 5 nitrogen and oxygen atoms in total. The minimum Gasteiger partial charge on any atom is -0.497 e. The monoisotopic (exact) mass is 282 g/mol. The number of hydrogen-bond acceptors (Lipinski definition) is 4. The molecule has 1 N–H and O–H groups in total. The summed E-state index contributed by atoms with van der Waals surface area (Å²) >= 11 is 0. The number of carbonyl (C=O) groups excluding carboxylic acids is 1. The van der Waals surface area contributed by atoms with Crippen LogP contribution in [0.1, 0.15) is 11.1 Å². The summed E-state index contributed by atoms with van der Waals surface area (Å²) in [6, 6.07) is 16.1. The smallest absolute Gasteiger partial charge is 0.411 e. The second-order valence-electron chi connectivity index (χ2n) is 4.21. The first-order valence-corrected chi connectivity index (χ1v) is 6.29. The molecule has 1 amide bonds. The number of hydrogen-bond donors (Lipinski definition) is 1. The Balaban J connectivity index is 2.01. The molecule has 0 unspecified atom stereocenters. The Morgan fingerprint density at radius 3 is 2.67 bits per heavy atom. The lowest BCUT2D eigenvalue weighted by Crippen LogP contribution is -2.14. The van der Waals surface area contributed by atoms with Gasteiger partial charge < -0.3 is 9.47 Å². The van der Waals surface area contributed by atoms with E-state index in [-0.39, 0.29) is 6.61 Å². The van der Waals surface area contributed by atoms with Gasteiger partial charge in [-0.1, -0.05) is 30.3 Å². The van der Waals surface area contributed by atoms with Gasteiger partial charge in [-0.2, -0.15) is 5.26 Å². The highest BCUT2D eigenvalue weighted by atomic mass is 16.5. The van der Waals surface area contributed by atoms with Crippen molar-refractivity contribution in [1.29, 1.82) is 5.26 Å². The van der Waals surface area contributed by atoms with Gasteiger partial charge in [0.05, 0.1) is 18.4 Å². The van der Waals surface area contributed by atoms with E-state index in [1.54, 1.807) is 18.2 Å². The van der Waals surface area contributed by atoms with Crippen molar-refractivity contribution in [2.45, 2.75) is 6.61 Å². The van der Waals surface area contributed by atoms with Gasteiger partial charge in [-0.25, -0.2) is 4.79 Å². The molecule has 2 aromatic carbocycles. The van der Waals surface area contributed by atoms with Crippen molar-refractivity contribution in [3.05, 3.63) is 59.7 Å². The van der Waals surface area contributed by atoms with Crippen LogP contribution in [0.2, 0.25) is 0 Å². The standard InChI is InChI=1S/C16H14N2O3/c1-20-14-8-7-13(10-17)15(9-14)18-16(19)21-11-12-5-3-2-4-6-12/h2-9H,11H2,1H3,(H,18,19). The predicted molar refractivity (Wildman–Crippen MR) is 78.0 cm³/mol. The maximum Gasteiger partial charge on any atom is 0.411 e. The SMILES string of the molecule is COc1ccc(C#N)c(NC(=O)OCc2ccccc2)c1. The molecule has 0 saturated heterocycles. The highest BCUT2D eigenvalue weighted by Gasteiger charge is 2.09. The van der Waals surface area contributed by atoms with Crippen LogP contribution in [0.15, 0.2) is 48.5 Å². The van der Waals surface area contributed by atoms with Gasteiger partial charge >= 0.3 is 6.09 Å². The molecule has 2 rings (SSSR count). The zero-order chi connectivity index (χ0) is 15.1. The van der Waals surface area contributed by atoms with E-state index in [0.717, 1.165) is 5.56 Å². The lowest BCUT2D eigenvalue weighted by Gasteiger charge is -2.09. The van der Waals surface area contributed by atoms with E-state index >= 15 is 0 Å². The number of nitriles is 1. The molecule has 106 valence electrons. The van der Waals surface area contributed by atoms with Gasteiger partial charge in [0.2, 0.25) is 0 Å². The molecule has 0 saturated carbocycles. The Hall–Kier alpha value is -3.00. The zero-order valence-electron chi connectivity index (χ0n) is 11.5. The van der Waals surface area contributed by atoms with Crippen molar-refractivity contribution in [2.24, 2.45) is 0 Å². The van der Waals surface area contributed by atoms with E-state index in [4.69, 9.17) is 14.7 Å². The van der Waals surface area contributed by atoms with Crippen molar-refractivity contribution in [3.63, 3.8) is 0 Å². The van der Waals surface area contributed by atoms with Gasteiger partial charge in [0.15, 0.2) is 0 Å². The average Bonchev–Trinajstić information content (AvgIpc) is 2.54. The van der Waals surface area contributed by atoms with Gasteiger partial charge in [-0.3, -0.25) is 5.32 Å². The minimum absolute atomic E-state index is 0.165. The highest BCUT2D eigenvalue weighted by molar-refractivity contribution is 5.86. The molecule has 0 heterocycles. The molecule has 0 aliphatic heterocycles. The number of amides is 1. The summed E-state index contributed by atoms with van der Waals surface area (Å²) in [7, 11) is 1.51. The summed E-state index contributed by atoms with van der Waals surface area (Å²) in [6.45, 7) is 0.165. The fourth-order valence-corrected chi connectivity index (χ4v) is 1.72. The zero-order valence-corrected chi connectivity index (χ0v) is 11.5. The number of benzene rings is 2. The molecule has 2 aromatic rings. The quantitative estimate of drug-likeness (QED) is 0.933. The fraction of sp³-hybridized carbons (Fsp3) is 0.125. The summed E-state index contributed by atoms with van der Waals surface area (Å²) in [6.07, 6.45) is -0.622. The van der Waals surface area contributed by atoms with Crippen molar-refractivity contribution >= 4 is 11.8 Å². The third kappa shape index (κ3) is 3.98. The summed E-state index contributed by atoms with van der Waals surface area (Å²) in [5.74, 6) is 0.548. The van der Waals surface area contributed by atoms with Gasteiger partial charge in [0, 0.05) is 6.07 Å². The van der Waals surface area contributed by atoms with E-state index in [0.29, 0.717) is 17.0 Å². The Morgan fingerprint density at radius 1 is 1.24 bits per heavy atom. The lowest BCUT2D eigenvalue weighted by molar-refractivity contribution is 0.155. The molecule has 0 aromatic heterocycles. The Morgan fingerprint density at radius 2 is 2.00 bits per heavy atom. The number of rotatable bonds is 4. The second-order valence-corrected chi connectivity index (χ2v) is 4.21. The summed E-state index contributed by atoms with van der Waals surface area (Å²) < 4.78 is 10.2. The van der Waals surface area contributed by atoms with E-state index in [9.17, 15) is 4.79 Å². The molecule has 5 heteroatoms. The van der Waals surface area contributed by atoms with E-state index < -0.39 is 6.09 Å². The van der Waals surface area contributed by atoms with Crippen molar-refractivity contribution < 1.29 is 14.3 Å². The van der Waals surface area contributed by atoms with Gasteiger partial charge in [0.25, 0.3) is 0 Å². The number of carbonyl (C=O) groups is 1. The number of ether oxygens (including phenoxy) is 2. The maximum absolute atomic E-state index is 11.8. The average molecular weight is 282 g/mol. The predicted octanol–water partition coefficient (Wildman–Crippen LogP) is 3.32. The molecule has 0 fully saturated rings. The molecule has 0 atom stereocenters. The molecule has 0 bridgehead atoms. The normalized spacial score (nSPS) is 9.52. The van der Waals surface area contributed by atoms with E-state index in [1.807, 2.05) is 36.4 Å². The van der Waals surface area contributed by atoms with Gasteiger partial charge in [-0.05, 0) is 17.7 Å². The van der Waals surface area contributed by atoms with Gasteiger partial charge in [-0.15, -0.1) is 0 Å². The minimum atomic E-state index is -0.622. The first-order valence-electron chi connectivity index (χ1n) is 6.29. The van der Waals surface area contributed by atoms with Crippen molar-refractivity contribution in [1.82, 2.24) is 0 Å². The van der Waals surface area contributed by atoms with Gasteiger partial charge in [0.1, 0.15) is 18.4 Å². The van der Waals surface area contributed by atoms with Crippen LogP contribution < -0.4 is 10.1 Å². The summed E-state index contributed by atoms with van der Waals surface area (Å²) in [5.41, 5.74) is 1.58. The van der Waals surface area contributed by atoms with Crippen LogP contribution in [-0.2, 0) is 11.3 Å². The maximum atomic E-state index is 11.8. The van der Waals surface area contributed by atoms with E-state index in [2.05, 4.69) is 5.32 Å². The lowest BCUT2D eigenvalue weighted by atomic mass is 10.2. The number of nitrogens with one attached hydrogen (secondary N) is 1. The first-order chi connectivity index (χ1) is 10.2. The third-order valence-electron chi connectivity index (χ3n) is 2.80. The number of methoxy groups -OCH3 is 1. The number of anilines is 1. The second kappa shape index (κ2) is 6.96. The highest BCUT2D eigenvalue weighted by Crippen LogP contribution is 2.22. The van der Waals surface area contributed by atoms with Crippen LogP contribution in [0.5, 0.6) is 5.75 Å². The molecular formula is C16H14N2O3. The van der Waals surface area contributed by atoms with Crippen molar-refractivity contribution in [3.8, 4) is 11.8 Å². The molecule has 0 aliphatic carbocycles. The molecule has 0 radical (unpaired) electrons. The number of nitrogens with zero attached hydrogens (tertiary/aromatic N) is 1. The topological polar surface area (TPSA) is 71.3 Å². The van der Waals surface area contributed by atoms with E-state index in [1.165, 1.54) is 7.11 Å². The fourth-order valence-electron chi connectivity index (χ4n) is 1.72.